The zero-order valence-electron chi connectivity index (χ0n) is 15.8. The smallest absolute Gasteiger partial charge is 0.309 e. The maximum atomic E-state index is 12.8. The molecule has 0 bridgehead atoms. The summed E-state index contributed by atoms with van der Waals surface area (Å²) in [5, 5.41) is 0.946. The van der Waals surface area contributed by atoms with E-state index in [4.69, 9.17) is 32.7 Å². The largest absolute Gasteiger partial charge is 0.497 e. The van der Waals surface area contributed by atoms with Crippen molar-refractivity contribution in [3.05, 3.63) is 58.1 Å². The normalized spacial score (nSPS) is 15.8. The van der Waals surface area contributed by atoms with E-state index in [0.717, 1.165) is 0 Å². The average molecular weight is 458 g/mol. The minimum Gasteiger partial charge on any atom is -0.497 e. The first kappa shape index (κ1) is 21.9. The van der Waals surface area contributed by atoms with E-state index in [9.17, 15) is 13.2 Å². The molecule has 0 amide bonds. The van der Waals surface area contributed by atoms with Gasteiger partial charge >= 0.3 is 5.97 Å². The molecular weight excluding hydrogens is 437 g/mol. The molecule has 0 aromatic heterocycles. The van der Waals surface area contributed by atoms with Gasteiger partial charge in [-0.25, -0.2) is 8.42 Å². The number of hydrogen-bond acceptors (Lipinski definition) is 5. The lowest BCUT2D eigenvalue weighted by molar-refractivity contribution is -0.151. The van der Waals surface area contributed by atoms with E-state index in [1.165, 1.54) is 23.5 Å². The van der Waals surface area contributed by atoms with Gasteiger partial charge in [0.15, 0.2) is 0 Å². The maximum Gasteiger partial charge on any atom is 0.309 e. The van der Waals surface area contributed by atoms with Gasteiger partial charge in [-0.05, 0) is 49.2 Å². The number of carbonyl (C=O) groups is 1. The van der Waals surface area contributed by atoms with Crippen LogP contribution in [0, 0.1) is 5.92 Å². The molecule has 0 spiro atoms. The van der Waals surface area contributed by atoms with Crippen LogP contribution in [-0.2, 0) is 26.2 Å². The van der Waals surface area contributed by atoms with Crippen LogP contribution in [0.3, 0.4) is 0 Å². The van der Waals surface area contributed by atoms with Gasteiger partial charge in [0.05, 0.1) is 17.9 Å². The SMILES string of the molecule is COc1ccc(S(=O)(=O)N2CCC(C(=O)OCc3ccc(Cl)cc3Cl)CC2)cc1. The van der Waals surface area contributed by atoms with Crippen LogP contribution in [0.15, 0.2) is 47.4 Å². The van der Waals surface area contributed by atoms with Crippen molar-refractivity contribution in [1.29, 1.82) is 0 Å². The Morgan fingerprint density at radius 1 is 1.10 bits per heavy atom. The second-order valence-corrected chi connectivity index (χ2v) is 9.48. The van der Waals surface area contributed by atoms with Crippen molar-refractivity contribution in [2.45, 2.75) is 24.3 Å². The van der Waals surface area contributed by atoms with E-state index < -0.39 is 10.0 Å². The molecule has 0 atom stereocenters. The number of hydrogen-bond donors (Lipinski definition) is 0. The lowest BCUT2D eigenvalue weighted by atomic mass is 9.98. The molecule has 1 aliphatic rings. The van der Waals surface area contributed by atoms with Crippen LogP contribution in [0.2, 0.25) is 10.0 Å². The Kier molecular flexibility index (Phi) is 7.05. The molecule has 1 heterocycles. The standard InChI is InChI=1S/C20H21Cl2NO5S/c1-27-17-4-6-18(7-5-17)29(25,26)23-10-8-14(9-11-23)20(24)28-13-15-2-3-16(21)12-19(15)22/h2-7,12,14H,8-11,13H2,1H3. The Morgan fingerprint density at radius 3 is 2.34 bits per heavy atom. The van der Waals surface area contributed by atoms with Gasteiger partial charge < -0.3 is 9.47 Å². The Balaban J connectivity index is 1.55. The third kappa shape index (κ3) is 5.22. The summed E-state index contributed by atoms with van der Waals surface area (Å²) in [6.07, 6.45) is 0.811. The summed E-state index contributed by atoms with van der Waals surface area (Å²) in [6, 6.07) is 11.2. The predicted molar refractivity (Wildman–Crippen MR) is 111 cm³/mol. The summed E-state index contributed by atoms with van der Waals surface area (Å²) in [4.78, 5) is 12.6. The van der Waals surface area contributed by atoms with Crippen LogP contribution in [0.1, 0.15) is 18.4 Å². The van der Waals surface area contributed by atoms with Crippen molar-refractivity contribution in [1.82, 2.24) is 4.31 Å². The second-order valence-electron chi connectivity index (χ2n) is 6.70. The topological polar surface area (TPSA) is 72.9 Å². The first-order valence-corrected chi connectivity index (χ1v) is 11.3. The van der Waals surface area contributed by atoms with Gasteiger partial charge in [-0.2, -0.15) is 4.31 Å². The molecule has 0 saturated carbocycles. The molecular formula is C20H21Cl2NO5S. The van der Waals surface area contributed by atoms with E-state index in [1.807, 2.05) is 0 Å². The minimum absolute atomic E-state index is 0.0548. The highest BCUT2D eigenvalue weighted by Gasteiger charge is 2.32. The quantitative estimate of drug-likeness (QED) is 0.609. The summed E-state index contributed by atoms with van der Waals surface area (Å²) in [5.41, 5.74) is 0.670. The highest BCUT2D eigenvalue weighted by atomic mass is 35.5. The third-order valence-electron chi connectivity index (χ3n) is 4.87. The molecule has 1 saturated heterocycles. The maximum absolute atomic E-state index is 12.8. The first-order chi connectivity index (χ1) is 13.8. The van der Waals surface area contributed by atoms with Crippen LogP contribution in [0.25, 0.3) is 0 Å². The zero-order chi connectivity index (χ0) is 21.0. The number of methoxy groups -OCH3 is 1. The van der Waals surface area contributed by atoms with Crippen molar-refractivity contribution in [3.8, 4) is 5.75 Å². The van der Waals surface area contributed by atoms with Gasteiger partial charge in [0, 0.05) is 28.7 Å². The number of halogens is 2. The lowest BCUT2D eigenvalue weighted by Crippen LogP contribution is -2.40. The summed E-state index contributed by atoms with van der Waals surface area (Å²) in [5.74, 6) is -0.105. The highest BCUT2D eigenvalue weighted by Crippen LogP contribution is 2.27. The first-order valence-electron chi connectivity index (χ1n) is 9.06. The number of carbonyl (C=O) groups excluding carboxylic acids is 1. The van der Waals surface area contributed by atoms with Gasteiger partial charge in [-0.3, -0.25) is 4.79 Å². The Labute approximate surface area is 180 Å². The summed E-state index contributed by atoms with van der Waals surface area (Å²) in [7, 11) is -2.08. The number of piperidine rings is 1. The fourth-order valence-corrected chi connectivity index (χ4v) is 5.07. The van der Waals surface area contributed by atoms with Crippen LogP contribution < -0.4 is 4.74 Å². The van der Waals surface area contributed by atoms with Crippen LogP contribution in [0.4, 0.5) is 0 Å². The predicted octanol–water partition coefficient (Wildman–Crippen LogP) is 4.15. The Bertz CT molecular complexity index is 971. The van der Waals surface area contributed by atoms with Crippen molar-refractivity contribution in [2.75, 3.05) is 20.2 Å². The molecule has 6 nitrogen and oxygen atoms in total. The van der Waals surface area contributed by atoms with E-state index in [2.05, 4.69) is 0 Å². The molecule has 0 radical (unpaired) electrons. The molecule has 0 unspecified atom stereocenters. The molecule has 9 heteroatoms. The number of benzene rings is 2. The number of ether oxygens (including phenoxy) is 2. The zero-order valence-corrected chi connectivity index (χ0v) is 18.1. The molecule has 0 N–H and O–H groups in total. The highest BCUT2D eigenvalue weighted by molar-refractivity contribution is 7.89. The van der Waals surface area contributed by atoms with E-state index >= 15 is 0 Å². The third-order valence-corrected chi connectivity index (χ3v) is 7.37. The van der Waals surface area contributed by atoms with E-state index in [1.54, 1.807) is 30.3 Å². The number of nitrogens with zero attached hydrogens (tertiary/aromatic N) is 1. The minimum atomic E-state index is -3.61. The Morgan fingerprint density at radius 2 is 1.76 bits per heavy atom. The van der Waals surface area contributed by atoms with Gasteiger partial charge in [0.25, 0.3) is 0 Å². The van der Waals surface area contributed by atoms with Crippen molar-refractivity contribution in [2.24, 2.45) is 5.92 Å². The fraction of sp³-hybridized carbons (Fsp3) is 0.350. The van der Waals surface area contributed by atoms with Crippen LogP contribution in [0.5, 0.6) is 5.75 Å². The van der Waals surface area contributed by atoms with Gasteiger partial charge in [0.2, 0.25) is 10.0 Å². The van der Waals surface area contributed by atoms with Crippen molar-refractivity contribution < 1.29 is 22.7 Å². The monoisotopic (exact) mass is 457 g/mol. The lowest BCUT2D eigenvalue weighted by Gasteiger charge is -2.30. The van der Waals surface area contributed by atoms with Crippen LogP contribution in [-0.4, -0.2) is 38.9 Å². The van der Waals surface area contributed by atoms with Crippen molar-refractivity contribution >= 4 is 39.2 Å². The van der Waals surface area contributed by atoms with E-state index in [0.29, 0.717) is 34.2 Å². The second kappa shape index (κ2) is 9.34. The molecule has 156 valence electrons. The molecule has 1 fully saturated rings. The number of rotatable bonds is 6. The molecule has 29 heavy (non-hydrogen) atoms. The summed E-state index contributed by atoms with van der Waals surface area (Å²) < 4.78 is 37.4. The molecule has 2 aromatic rings. The number of esters is 1. The molecule has 3 rings (SSSR count). The fourth-order valence-electron chi connectivity index (χ4n) is 3.13. The molecule has 2 aromatic carbocycles. The van der Waals surface area contributed by atoms with Gasteiger partial charge in [-0.15, -0.1) is 0 Å². The summed E-state index contributed by atoms with van der Waals surface area (Å²) in [6.45, 7) is 0.574. The van der Waals surface area contributed by atoms with Gasteiger partial charge in [-0.1, -0.05) is 29.3 Å². The average Bonchev–Trinajstić information content (AvgIpc) is 2.73. The Hall–Kier alpha value is -1.80. The van der Waals surface area contributed by atoms with E-state index in [-0.39, 0.29) is 36.5 Å². The van der Waals surface area contributed by atoms with Crippen LogP contribution >= 0.6 is 23.2 Å². The van der Waals surface area contributed by atoms with Gasteiger partial charge in [0.1, 0.15) is 12.4 Å². The molecule has 0 aliphatic carbocycles. The summed E-state index contributed by atoms with van der Waals surface area (Å²) >= 11 is 11.9. The molecule has 1 aliphatic heterocycles. The number of sulfonamides is 1. The van der Waals surface area contributed by atoms with Crippen molar-refractivity contribution in [3.63, 3.8) is 0 Å².